The summed E-state index contributed by atoms with van der Waals surface area (Å²) in [6.07, 6.45) is 0.652. The van der Waals surface area contributed by atoms with Gasteiger partial charge in [-0.15, -0.1) is 0 Å². The number of hydrogen-bond acceptors (Lipinski definition) is 1. The molecule has 0 aromatic heterocycles. The predicted molar refractivity (Wildman–Crippen MR) is 75.4 cm³/mol. The van der Waals surface area contributed by atoms with Crippen molar-refractivity contribution in [3.05, 3.63) is 68.8 Å². The summed E-state index contributed by atoms with van der Waals surface area (Å²) in [7, 11) is 0. The molecule has 2 aromatic carbocycles. The Morgan fingerprint density at radius 1 is 1.06 bits per heavy atom. The molecule has 0 saturated carbocycles. The van der Waals surface area contributed by atoms with Crippen LogP contribution < -0.4 is 0 Å². The topological polar surface area (TPSA) is 37.3 Å². The first kappa shape index (κ1) is 12.1. The van der Waals surface area contributed by atoms with Crippen LogP contribution in [0.4, 0.5) is 0 Å². The summed E-state index contributed by atoms with van der Waals surface area (Å²) in [6, 6.07) is 15.5. The first-order valence-electron chi connectivity index (χ1n) is 5.23. The van der Waals surface area contributed by atoms with E-state index < -0.39 is 5.97 Å². The predicted octanol–water partition coefficient (Wildman–Crippen LogP) is 3.58. The van der Waals surface area contributed by atoms with Gasteiger partial charge in [-0.1, -0.05) is 42.5 Å². The van der Waals surface area contributed by atoms with Gasteiger partial charge in [-0.25, -0.2) is 4.79 Å². The first-order chi connectivity index (χ1) is 8.18. The van der Waals surface area contributed by atoms with Crippen LogP contribution in [0.3, 0.4) is 0 Å². The molecule has 0 saturated heterocycles. The molecule has 2 rings (SSSR count). The van der Waals surface area contributed by atoms with Crippen LogP contribution in [0.15, 0.2) is 48.5 Å². The fraction of sp³-hybridized carbons (Fsp3) is 0.0714. The molecule has 1 N–H and O–H groups in total. The molecule has 0 heterocycles. The van der Waals surface area contributed by atoms with E-state index in [0.29, 0.717) is 12.0 Å². The average Bonchev–Trinajstić information content (AvgIpc) is 2.30. The van der Waals surface area contributed by atoms with Crippen molar-refractivity contribution in [1.29, 1.82) is 0 Å². The molecule has 86 valence electrons. The van der Waals surface area contributed by atoms with Crippen LogP contribution in [0.2, 0.25) is 0 Å². The van der Waals surface area contributed by atoms with Crippen molar-refractivity contribution in [2.45, 2.75) is 6.42 Å². The molecule has 17 heavy (non-hydrogen) atoms. The van der Waals surface area contributed by atoms with Crippen LogP contribution in [0.25, 0.3) is 0 Å². The van der Waals surface area contributed by atoms with Crippen molar-refractivity contribution in [2.24, 2.45) is 0 Å². The Morgan fingerprint density at radius 3 is 2.41 bits per heavy atom. The van der Waals surface area contributed by atoms with Crippen molar-refractivity contribution >= 4 is 28.6 Å². The largest absolute Gasteiger partial charge is 0.478 e. The average molecular weight is 338 g/mol. The Kier molecular flexibility index (Phi) is 3.78. The molecule has 0 atom stereocenters. The van der Waals surface area contributed by atoms with E-state index in [0.717, 1.165) is 14.7 Å². The Bertz CT molecular complexity index is 535. The van der Waals surface area contributed by atoms with Gasteiger partial charge in [0.2, 0.25) is 0 Å². The molecule has 3 heteroatoms. The number of rotatable bonds is 3. The first-order valence-corrected chi connectivity index (χ1v) is 6.31. The maximum Gasteiger partial charge on any atom is 0.337 e. The number of carboxylic acid groups (broad SMARTS) is 1. The van der Waals surface area contributed by atoms with Gasteiger partial charge in [-0.05, 0) is 46.2 Å². The van der Waals surface area contributed by atoms with Crippen molar-refractivity contribution in [2.75, 3.05) is 0 Å². The van der Waals surface area contributed by atoms with Gasteiger partial charge in [-0.3, -0.25) is 0 Å². The molecule has 0 aliphatic carbocycles. The van der Waals surface area contributed by atoms with Crippen LogP contribution in [-0.4, -0.2) is 11.1 Å². The Morgan fingerprint density at radius 2 is 1.76 bits per heavy atom. The third-order valence-electron chi connectivity index (χ3n) is 2.55. The highest BCUT2D eigenvalue weighted by molar-refractivity contribution is 14.1. The molecule has 0 amide bonds. The standard InChI is InChI=1S/C14H11IO2/c15-12-8-4-7-11(13(12)14(16)17)9-10-5-2-1-3-6-10/h1-8H,9H2,(H,16,17). The number of aromatic carboxylic acids is 1. The van der Waals surface area contributed by atoms with Crippen molar-refractivity contribution in [3.63, 3.8) is 0 Å². The number of carbonyl (C=O) groups is 1. The van der Waals surface area contributed by atoms with Gasteiger partial charge in [0.25, 0.3) is 0 Å². The van der Waals surface area contributed by atoms with Gasteiger partial charge in [0.1, 0.15) is 0 Å². The van der Waals surface area contributed by atoms with Gasteiger partial charge in [0, 0.05) is 3.57 Å². The molecule has 0 radical (unpaired) electrons. The lowest BCUT2D eigenvalue weighted by Crippen LogP contribution is -2.05. The summed E-state index contributed by atoms with van der Waals surface area (Å²) >= 11 is 2.06. The molecular weight excluding hydrogens is 327 g/mol. The fourth-order valence-electron chi connectivity index (χ4n) is 1.77. The van der Waals surface area contributed by atoms with Crippen LogP contribution in [0.1, 0.15) is 21.5 Å². The fourth-order valence-corrected chi connectivity index (χ4v) is 2.56. The second-order valence-corrected chi connectivity index (χ2v) is 4.90. The van der Waals surface area contributed by atoms with E-state index in [1.165, 1.54) is 0 Å². The zero-order chi connectivity index (χ0) is 12.3. The van der Waals surface area contributed by atoms with Crippen molar-refractivity contribution in [3.8, 4) is 0 Å². The summed E-state index contributed by atoms with van der Waals surface area (Å²) in [5.41, 5.74) is 2.39. The van der Waals surface area contributed by atoms with Crippen molar-refractivity contribution < 1.29 is 9.90 Å². The SMILES string of the molecule is O=C(O)c1c(I)cccc1Cc1ccccc1. The van der Waals surface area contributed by atoms with Crippen LogP contribution in [-0.2, 0) is 6.42 Å². The molecule has 2 nitrogen and oxygen atoms in total. The van der Waals surface area contributed by atoms with Crippen LogP contribution in [0.5, 0.6) is 0 Å². The van der Waals surface area contributed by atoms with Gasteiger partial charge < -0.3 is 5.11 Å². The Balaban J connectivity index is 2.40. The highest BCUT2D eigenvalue weighted by Crippen LogP contribution is 2.20. The van der Waals surface area contributed by atoms with E-state index in [1.54, 1.807) is 0 Å². The Hall–Kier alpha value is -1.36. The molecule has 0 spiro atoms. The number of hydrogen-bond donors (Lipinski definition) is 1. The zero-order valence-electron chi connectivity index (χ0n) is 9.06. The highest BCUT2D eigenvalue weighted by Gasteiger charge is 2.13. The van der Waals surface area contributed by atoms with E-state index in [4.69, 9.17) is 0 Å². The van der Waals surface area contributed by atoms with Gasteiger partial charge in [-0.2, -0.15) is 0 Å². The van der Waals surface area contributed by atoms with Gasteiger partial charge in [0.05, 0.1) is 5.56 Å². The second kappa shape index (κ2) is 5.31. The molecule has 0 unspecified atom stereocenters. The maximum absolute atomic E-state index is 11.2. The van der Waals surface area contributed by atoms with E-state index in [9.17, 15) is 9.90 Å². The number of carboxylic acids is 1. The maximum atomic E-state index is 11.2. The smallest absolute Gasteiger partial charge is 0.337 e. The third-order valence-corrected chi connectivity index (χ3v) is 3.45. The van der Waals surface area contributed by atoms with E-state index in [2.05, 4.69) is 22.6 Å². The highest BCUT2D eigenvalue weighted by atomic mass is 127. The Labute approximate surface area is 113 Å². The summed E-state index contributed by atoms with van der Waals surface area (Å²) in [6.45, 7) is 0. The molecule has 0 aliphatic rings. The monoisotopic (exact) mass is 338 g/mol. The third kappa shape index (κ3) is 2.85. The quantitative estimate of drug-likeness (QED) is 0.869. The summed E-state index contributed by atoms with van der Waals surface area (Å²) in [5.74, 6) is -0.860. The summed E-state index contributed by atoms with van der Waals surface area (Å²) < 4.78 is 0.781. The molecule has 0 fully saturated rings. The minimum Gasteiger partial charge on any atom is -0.478 e. The zero-order valence-corrected chi connectivity index (χ0v) is 11.2. The lowest BCUT2D eigenvalue weighted by atomic mass is 10.00. The molecular formula is C14H11IO2. The van der Waals surface area contributed by atoms with Crippen LogP contribution in [0, 0.1) is 3.57 Å². The van der Waals surface area contributed by atoms with Crippen LogP contribution >= 0.6 is 22.6 Å². The van der Waals surface area contributed by atoms with Gasteiger partial charge in [0.15, 0.2) is 0 Å². The molecule has 0 bridgehead atoms. The van der Waals surface area contributed by atoms with Gasteiger partial charge >= 0.3 is 5.97 Å². The van der Waals surface area contributed by atoms with E-state index in [1.807, 2.05) is 48.5 Å². The number of benzene rings is 2. The van der Waals surface area contributed by atoms with Crippen molar-refractivity contribution in [1.82, 2.24) is 0 Å². The van der Waals surface area contributed by atoms with E-state index >= 15 is 0 Å². The summed E-state index contributed by atoms with van der Waals surface area (Å²) in [4.78, 5) is 11.2. The second-order valence-electron chi connectivity index (χ2n) is 3.74. The minimum atomic E-state index is -0.860. The number of halogens is 1. The lowest BCUT2D eigenvalue weighted by Gasteiger charge is -2.08. The molecule has 2 aromatic rings. The minimum absolute atomic E-state index is 0.414. The summed E-state index contributed by atoms with van der Waals surface area (Å²) in [5, 5.41) is 9.22. The normalized spacial score (nSPS) is 10.2. The molecule has 0 aliphatic heterocycles. The van der Waals surface area contributed by atoms with E-state index in [-0.39, 0.29) is 0 Å². The lowest BCUT2D eigenvalue weighted by molar-refractivity contribution is 0.0694.